The van der Waals surface area contributed by atoms with Gasteiger partial charge < -0.3 is 11.1 Å². The summed E-state index contributed by atoms with van der Waals surface area (Å²) in [4.78, 5) is 4.11. The molecule has 0 fully saturated rings. The lowest BCUT2D eigenvalue weighted by Crippen LogP contribution is -1.95. The van der Waals surface area contributed by atoms with E-state index in [1.807, 2.05) is 30.3 Å². The SMILES string of the molecule is Nc1cnc(Nc2ccccc2)c(Cl)c1. The summed E-state index contributed by atoms with van der Waals surface area (Å²) in [7, 11) is 0. The van der Waals surface area contributed by atoms with Crippen LogP contribution in [0.25, 0.3) is 0 Å². The summed E-state index contributed by atoms with van der Waals surface area (Å²) in [6.45, 7) is 0. The number of hydrogen-bond donors (Lipinski definition) is 2. The first kappa shape index (κ1) is 9.80. The van der Waals surface area contributed by atoms with Gasteiger partial charge in [0.2, 0.25) is 0 Å². The van der Waals surface area contributed by atoms with Crippen molar-refractivity contribution in [1.82, 2.24) is 4.98 Å². The zero-order valence-corrected chi connectivity index (χ0v) is 8.70. The molecule has 4 heteroatoms. The number of para-hydroxylation sites is 1. The second-order valence-corrected chi connectivity index (χ2v) is 3.50. The van der Waals surface area contributed by atoms with E-state index in [1.54, 1.807) is 12.3 Å². The summed E-state index contributed by atoms with van der Waals surface area (Å²) < 4.78 is 0. The van der Waals surface area contributed by atoms with E-state index >= 15 is 0 Å². The average Bonchev–Trinajstić information content (AvgIpc) is 2.24. The van der Waals surface area contributed by atoms with E-state index < -0.39 is 0 Å². The Kier molecular flexibility index (Phi) is 2.74. The molecule has 0 spiro atoms. The number of rotatable bonds is 2. The number of benzene rings is 1. The van der Waals surface area contributed by atoms with Crippen molar-refractivity contribution in [1.29, 1.82) is 0 Å². The van der Waals surface area contributed by atoms with Gasteiger partial charge in [0.15, 0.2) is 0 Å². The topological polar surface area (TPSA) is 50.9 Å². The molecule has 0 unspecified atom stereocenters. The van der Waals surface area contributed by atoms with Gasteiger partial charge in [-0.2, -0.15) is 0 Å². The van der Waals surface area contributed by atoms with Crippen LogP contribution in [-0.4, -0.2) is 4.98 Å². The molecule has 3 N–H and O–H groups in total. The van der Waals surface area contributed by atoms with E-state index in [4.69, 9.17) is 17.3 Å². The van der Waals surface area contributed by atoms with Gasteiger partial charge in [-0.1, -0.05) is 29.8 Å². The third kappa shape index (κ3) is 2.39. The van der Waals surface area contributed by atoms with Crippen molar-refractivity contribution in [2.45, 2.75) is 0 Å². The van der Waals surface area contributed by atoms with Gasteiger partial charge >= 0.3 is 0 Å². The number of hydrogen-bond acceptors (Lipinski definition) is 3. The molecule has 2 rings (SSSR count). The van der Waals surface area contributed by atoms with E-state index in [1.165, 1.54) is 0 Å². The molecular weight excluding hydrogens is 210 g/mol. The fraction of sp³-hybridized carbons (Fsp3) is 0. The molecule has 0 saturated heterocycles. The van der Waals surface area contributed by atoms with E-state index in [9.17, 15) is 0 Å². The van der Waals surface area contributed by atoms with Crippen molar-refractivity contribution < 1.29 is 0 Å². The van der Waals surface area contributed by atoms with Crippen molar-refractivity contribution >= 4 is 28.8 Å². The first-order valence-electron chi connectivity index (χ1n) is 4.49. The Morgan fingerprint density at radius 3 is 2.60 bits per heavy atom. The predicted molar refractivity (Wildman–Crippen MR) is 63.4 cm³/mol. The zero-order valence-electron chi connectivity index (χ0n) is 7.94. The van der Waals surface area contributed by atoms with E-state index in [-0.39, 0.29) is 0 Å². The molecule has 0 radical (unpaired) electrons. The average molecular weight is 220 g/mol. The fourth-order valence-electron chi connectivity index (χ4n) is 1.20. The number of halogens is 1. The standard InChI is InChI=1S/C11H10ClN3/c12-10-6-8(13)7-14-11(10)15-9-4-2-1-3-5-9/h1-7H,13H2,(H,14,15). The molecule has 1 aromatic heterocycles. The Bertz CT molecular complexity index is 457. The molecule has 2 aromatic rings. The second kappa shape index (κ2) is 4.19. The number of nitrogens with zero attached hydrogens (tertiary/aromatic N) is 1. The molecule has 0 aliphatic rings. The second-order valence-electron chi connectivity index (χ2n) is 3.09. The molecule has 76 valence electrons. The fourth-order valence-corrected chi connectivity index (χ4v) is 1.42. The van der Waals surface area contributed by atoms with Crippen LogP contribution in [0.1, 0.15) is 0 Å². The van der Waals surface area contributed by atoms with Crippen molar-refractivity contribution in [3.63, 3.8) is 0 Å². The minimum absolute atomic E-state index is 0.513. The minimum atomic E-state index is 0.513. The Morgan fingerprint density at radius 1 is 1.20 bits per heavy atom. The van der Waals surface area contributed by atoms with Gasteiger partial charge in [-0.15, -0.1) is 0 Å². The molecule has 0 bridgehead atoms. The van der Waals surface area contributed by atoms with E-state index in [2.05, 4.69) is 10.3 Å². The van der Waals surface area contributed by atoms with Crippen LogP contribution < -0.4 is 11.1 Å². The van der Waals surface area contributed by atoms with E-state index in [0.717, 1.165) is 5.69 Å². The van der Waals surface area contributed by atoms with Gasteiger partial charge in [0.1, 0.15) is 5.82 Å². The Morgan fingerprint density at radius 2 is 1.93 bits per heavy atom. The summed E-state index contributed by atoms with van der Waals surface area (Å²) in [5, 5.41) is 3.61. The normalized spacial score (nSPS) is 9.93. The molecule has 0 amide bonds. The number of nitrogen functional groups attached to an aromatic ring is 1. The number of aromatic nitrogens is 1. The van der Waals surface area contributed by atoms with Crippen molar-refractivity contribution in [3.05, 3.63) is 47.6 Å². The molecule has 0 saturated carbocycles. The maximum absolute atomic E-state index is 5.97. The Hall–Kier alpha value is -1.74. The molecule has 0 aliphatic carbocycles. The maximum atomic E-state index is 5.97. The largest absolute Gasteiger partial charge is 0.397 e. The molecule has 1 aromatic carbocycles. The highest BCUT2D eigenvalue weighted by atomic mass is 35.5. The lowest BCUT2D eigenvalue weighted by molar-refractivity contribution is 1.31. The summed E-state index contributed by atoms with van der Waals surface area (Å²) in [5.41, 5.74) is 7.04. The quantitative estimate of drug-likeness (QED) is 0.816. The number of nitrogens with one attached hydrogen (secondary N) is 1. The van der Waals surface area contributed by atoms with E-state index in [0.29, 0.717) is 16.5 Å². The summed E-state index contributed by atoms with van der Waals surface area (Å²) in [5.74, 6) is 0.608. The molecular formula is C11H10ClN3. The van der Waals surface area contributed by atoms with Gasteiger partial charge in [0, 0.05) is 5.69 Å². The van der Waals surface area contributed by atoms with Gasteiger partial charge in [-0.25, -0.2) is 4.98 Å². The lowest BCUT2D eigenvalue weighted by Gasteiger charge is -2.07. The first-order valence-corrected chi connectivity index (χ1v) is 4.86. The Balaban J connectivity index is 2.25. The highest BCUT2D eigenvalue weighted by Gasteiger charge is 2.01. The van der Waals surface area contributed by atoms with Crippen molar-refractivity contribution in [2.75, 3.05) is 11.1 Å². The third-order valence-electron chi connectivity index (χ3n) is 1.90. The van der Waals surface area contributed by atoms with Crippen LogP contribution in [0.2, 0.25) is 5.02 Å². The maximum Gasteiger partial charge on any atom is 0.149 e. The zero-order chi connectivity index (χ0) is 10.7. The highest BCUT2D eigenvalue weighted by molar-refractivity contribution is 6.33. The van der Waals surface area contributed by atoms with Crippen molar-refractivity contribution in [2.24, 2.45) is 0 Å². The highest BCUT2D eigenvalue weighted by Crippen LogP contribution is 2.24. The van der Waals surface area contributed by atoms with Crippen LogP contribution >= 0.6 is 11.6 Å². The summed E-state index contributed by atoms with van der Waals surface area (Å²) >= 11 is 5.97. The van der Waals surface area contributed by atoms with Crippen LogP contribution in [0.4, 0.5) is 17.2 Å². The van der Waals surface area contributed by atoms with Gasteiger partial charge in [0.05, 0.1) is 16.9 Å². The summed E-state index contributed by atoms with van der Waals surface area (Å²) in [6, 6.07) is 11.4. The predicted octanol–water partition coefficient (Wildman–Crippen LogP) is 3.06. The van der Waals surface area contributed by atoms with Crippen molar-refractivity contribution in [3.8, 4) is 0 Å². The van der Waals surface area contributed by atoms with Gasteiger partial charge in [0.25, 0.3) is 0 Å². The number of nitrogens with two attached hydrogens (primary N) is 1. The van der Waals surface area contributed by atoms with Crippen LogP contribution in [0.3, 0.4) is 0 Å². The monoisotopic (exact) mass is 219 g/mol. The smallest absolute Gasteiger partial charge is 0.149 e. The first-order chi connectivity index (χ1) is 7.25. The number of anilines is 3. The molecule has 1 heterocycles. The summed E-state index contributed by atoms with van der Waals surface area (Å²) in [6.07, 6.45) is 1.57. The molecule has 0 atom stereocenters. The molecule has 0 aliphatic heterocycles. The number of pyridine rings is 1. The lowest BCUT2D eigenvalue weighted by atomic mass is 10.3. The molecule has 3 nitrogen and oxygen atoms in total. The Labute approximate surface area is 92.9 Å². The van der Waals surface area contributed by atoms with Gasteiger partial charge in [-0.3, -0.25) is 0 Å². The third-order valence-corrected chi connectivity index (χ3v) is 2.19. The van der Waals surface area contributed by atoms with Gasteiger partial charge in [-0.05, 0) is 18.2 Å². The minimum Gasteiger partial charge on any atom is -0.397 e. The van der Waals surface area contributed by atoms with Crippen LogP contribution in [-0.2, 0) is 0 Å². The van der Waals surface area contributed by atoms with Crippen LogP contribution in [0, 0.1) is 0 Å². The molecule has 15 heavy (non-hydrogen) atoms. The van der Waals surface area contributed by atoms with Crippen LogP contribution in [0.5, 0.6) is 0 Å². The van der Waals surface area contributed by atoms with Crippen LogP contribution in [0.15, 0.2) is 42.6 Å².